The summed E-state index contributed by atoms with van der Waals surface area (Å²) in [5.41, 5.74) is 1.11. The molecule has 0 aliphatic carbocycles. The SMILES string of the molecule is CCNC(C)c1ccc(Br)cc1Oc1ccc(Cl)cc1Br. The summed E-state index contributed by atoms with van der Waals surface area (Å²) < 4.78 is 7.88. The maximum Gasteiger partial charge on any atom is 0.141 e. The summed E-state index contributed by atoms with van der Waals surface area (Å²) in [7, 11) is 0. The van der Waals surface area contributed by atoms with E-state index in [0.717, 1.165) is 32.6 Å². The van der Waals surface area contributed by atoms with Gasteiger partial charge in [-0.15, -0.1) is 0 Å². The van der Waals surface area contributed by atoms with Crippen LogP contribution in [0.25, 0.3) is 0 Å². The van der Waals surface area contributed by atoms with E-state index in [4.69, 9.17) is 16.3 Å². The average Bonchev–Trinajstić information content (AvgIpc) is 2.42. The molecule has 1 N–H and O–H groups in total. The first-order valence-corrected chi connectivity index (χ1v) is 8.63. The van der Waals surface area contributed by atoms with Gasteiger partial charge in [0.15, 0.2) is 0 Å². The molecule has 0 aliphatic heterocycles. The third-order valence-electron chi connectivity index (χ3n) is 3.07. The van der Waals surface area contributed by atoms with Crippen molar-refractivity contribution in [1.82, 2.24) is 5.32 Å². The molecule has 0 spiro atoms. The molecule has 2 aromatic rings. The zero-order chi connectivity index (χ0) is 15.4. The van der Waals surface area contributed by atoms with Crippen LogP contribution in [0, 0.1) is 0 Å². The van der Waals surface area contributed by atoms with Crippen LogP contribution < -0.4 is 10.1 Å². The second-order valence-electron chi connectivity index (χ2n) is 4.64. The summed E-state index contributed by atoms with van der Waals surface area (Å²) >= 11 is 12.9. The van der Waals surface area contributed by atoms with E-state index >= 15 is 0 Å². The topological polar surface area (TPSA) is 21.3 Å². The van der Waals surface area contributed by atoms with Crippen molar-refractivity contribution in [3.63, 3.8) is 0 Å². The van der Waals surface area contributed by atoms with Gasteiger partial charge >= 0.3 is 0 Å². The van der Waals surface area contributed by atoms with E-state index in [1.165, 1.54) is 0 Å². The molecule has 2 rings (SSSR count). The maximum absolute atomic E-state index is 6.07. The smallest absolute Gasteiger partial charge is 0.141 e. The minimum absolute atomic E-state index is 0.212. The Balaban J connectivity index is 2.35. The molecule has 0 heterocycles. The van der Waals surface area contributed by atoms with Crippen molar-refractivity contribution >= 4 is 43.5 Å². The molecule has 0 aromatic heterocycles. The van der Waals surface area contributed by atoms with E-state index in [9.17, 15) is 0 Å². The molecular weight excluding hydrogens is 417 g/mol. The van der Waals surface area contributed by atoms with Crippen LogP contribution >= 0.6 is 43.5 Å². The number of benzene rings is 2. The van der Waals surface area contributed by atoms with Crippen LogP contribution in [0.5, 0.6) is 11.5 Å². The summed E-state index contributed by atoms with van der Waals surface area (Å²) in [5, 5.41) is 4.07. The molecule has 0 amide bonds. The first-order valence-electron chi connectivity index (χ1n) is 6.67. The highest BCUT2D eigenvalue weighted by atomic mass is 79.9. The van der Waals surface area contributed by atoms with Crippen LogP contribution in [-0.2, 0) is 0 Å². The molecule has 1 unspecified atom stereocenters. The third kappa shape index (κ3) is 4.46. The molecule has 2 aromatic carbocycles. The van der Waals surface area contributed by atoms with Crippen LogP contribution in [0.2, 0.25) is 5.02 Å². The standard InChI is InChI=1S/C16H16Br2ClNO/c1-3-20-10(2)13-6-4-11(17)8-16(13)21-15-7-5-12(19)9-14(15)18/h4-10,20H,3H2,1-2H3. The molecule has 0 saturated carbocycles. The number of rotatable bonds is 5. The fourth-order valence-corrected chi connectivity index (χ4v) is 3.15. The maximum atomic E-state index is 6.07. The highest BCUT2D eigenvalue weighted by Gasteiger charge is 2.13. The summed E-state index contributed by atoms with van der Waals surface area (Å²) in [6, 6.07) is 11.8. The van der Waals surface area contributed by atoms with Crippen molar-refractivity contribution in [2.24, 2.45) is 0 Å². The fraction of sp³-hybridized carbons (Fsp3) is 0.250. The van der Waals surface area contributed by atoms with Gasteiger partial charge in [0.1, 0.15) is 11.5 Å². The van der Waals surface area contributed by atoms with Gasteiger partial charge in [-0.1, -0.05) is 40.5 Å². The van der Waals surface area contributed by atoms with Gasteiger partial charge in [-0.3, -0.25) is 0 Å². The molecule has 0 bridgehead atoms. The summed E-state index contributed by atoms with van der Waals surface area (Å²) in [6.07, 6.45) is 0. The first kappa shape index (κ1) is 16.8. The average molecular weight is 434 g/mol. The number of hydrogen-bond acceptors (Lipinski definition) is 2. The highest BCUT2D eigenvalue weighted by molar-refractivity contribution is 9.10. The lowest BCUT2D eigenvalue weighted by atomic mass is 10.1. The number of ether oxygens (including phenoxy) is 1. The van der Waals surface area contributed by atoms with Gasteiger partial charge in [-0.05, 0) is 59.7 Å². The normalized spacial score (nSPS) is 12.2. The molecule has 5 heteroatoms. The molecule has 112 valence electrons. The first-order chi connectivity index (χ1) is 10.0. The lowest BCUT2D eigenvalue weighted by Crippen LogP contribution is -2.18. The fourth-order valence-electron chi connectivity index (χ4n) is 2.05. The van der Waals surface area contributed by atoms with Crippen LogP contribution in [0.1, 0.15) is 25.5 Å². The van der Waals surface area contributed by atoms with E-state index in [1.807, 2.05) is 30.3 Å². The summed E-state index contributed by atoms with van der Waals surface area (Å²) in [6.45, 7) is 5.11. The summed E-state index contributed by atoms with van der Waals surface area (Å²) in [4.78, 5) is 0. The van der Waals surface area contributed by atoms with Gasteiger partial charge < -0.3 is 10.1 Å². The Morgan fingerprint density at radius 3 is 2.57 bits per heavy atom. The third-order valence-corrected chi connectivity index (χ3v) is 4.41. The van der Waals surface area contributed by atoms with Crippen molar-refractivity contribution in [3.8, 4) is 11.5 Å². The molecule has 0 fully saturated rings. The molecule has 1 atom stereocenters. The molecular formula is C16H16Br2ClNO. The quantitative estimate of drug-likeness (QED) is 0.595. The minimum atomic E-state index is 0.212. The van der Waals surface area contributed by atoms with E-state index in [-0.39, 0.29) is 6.04 Å². The molecule has 21 heavy (non-hydrogen) atoms. The van der Waals surface area contributed by atoms with Gasteiger partial charge in [0, 0.05) is 21.1 Å². The minimum Gasteiger partial charge on any atom is -0.456 e. The molecule has 0 aliphatic rings. The van der Waals surface area contributed by atoms with E-state index in [2.05, 4.69) is 57.1 Å². The van der Waals surface area contributed by atoms with E-state index in [1.54, 1.807) is 0 Å². The number of hydrogen-bond donors (Lipinski definition) is 1. The van der Waals surface area contributed by atoms with Crippen molar-refractivity contribution in [2.75, 3.05) is 6.54 Å². The molecule has 2 nitrogen and oxygen atoms in total. The Kier molecular flexibility index (Phi) is 6.11. The van der Waals surface area contributed by atoms with Gasteiger partial charge in [0.05, 0.1) is 4.47 Å². The van der Waals surface area contributed by atoms with E-state index < -0.39 is 0 Å². The van der Waals surface area contributed by atoms with Crippen LogP contribution in [0.3, 0.4) is 0 Å². The Hall–Kier alpha value is -0.550. The molecule has 0 saturated heterocycles. The van der Waals surface area contributed by atoms with Crippen molar-refractivity contribution in [1.29, 1.82) is 0 Å². The Labute approximate surface area is 147 Å². The van der Waals surface area contributed by atoms with E-state index in [0.29, 0.717) is 5.02 Å². The lowest BCUT2D eigenvalue weighted by molar-refractivity contribution is 0.460. The highest BCUT2D eigenvalue weighted by Crippen LogP contribution is 2.36. The van der Waals surface area contributed by atoms with Crippen molar-refractivity contribution < 1.29 is 4.74 Å². The van der Waals surface area contributed by atoms with Crippen molar-refractivity contribution in [2.45, 2.75) is 19.9 Å². The van der Waals surface area contributed by atoms with Crippen LogP contribution in [-0.4, -0.2) is 6.54 Å². The predicted molar refractivity (Wildman–Crippen MR) is 95.5 cm³/mol. The largest absolute Gasteiger partial charge is 0.456 e. The Morgan fingerprint density at radius 1 is 1.14 bits per heavy atom. The zero-order valence-corrected chi connectivity index (χ0v) is 15.7. The number of halogens is 3. The van der Waals surface area contributed by atoms with Gasteiger partial charge in [0.25, 0.3) is 0 Å². The second kappa shape index (κ2) is 7.63. The number of nitrogens with one attached hydrogen (secondary N) is 1. The van der Waals surface area contributed by atoms with Gasteiger partial charge in [0.2, 0.25) is 0 Å². The zero-order valence-electron chi connectivity index (χ0n) is 11.8. The predicted octanol–water partition coefficient (Wildman–Crippen LogP) is 6.33. The van der Waals surface area contributed by atoms with Gasteiger partial charge in [-0.25, -0.2) is 0 Å². The Bertz CT molecular complexity index is 634. The van der Waals surface area contributed by atoms with Crippen molar-refractivity contribution in [3.05, 3.63) is 55.9 Å². The van der Waals surface area contributed by atoms with Gasteiger partial charge in [-0.2, -0.15) is 0 Å². The summed E-state index contributed by atoms with van der Waals surface area (Å²) in [5.74, 6) is 1.56. The monoisotopic (exact) mass is 431 g/mol. The second-order valence-corrected chi connectivity index (χ2v) is 6.84. The van der Waals surface area contributed by atoms with Crippen LogP contribution in [0.15, 0.2) is 45.3 Å². The van der Waals surface area contributed by atoms with Crippen LogP contribution in [0.4, 0.5) is 0 Å². The Morgan fingerprint density at radius 2 is 1.90 bits per heavy atom. The molecule has 0 radical (unpaired) electrons. The lowest BCUT2D eigenvalue weighted by Gasteiger charge is -2.18.